The van der Waals surface area contributed by atoms with Crippen LogP contribution in [-0.2, 0) is 4.79 Å². The first kappa shape index (κ1) is 26.1. The average Bonchev–Trinajstić information content (AvgIpc) is 2.85. The zero-order valence-corrected chi connectivity index (χ0v) is 19.1. The highest BCUT2D eigenvalue weighted by Crippen LogP contribution is 2.21. The zero-order chi connectivity index (χ0) is 25.6. The molecule has 0 saturated heterocycles. The van der Waals surface area contributed by atoms with Gasteiger partial charge in [0.1, 0.15) is 6.07 Å². The summed E-state index contributed by atoms with van der Waals surface area (Å²) in [6.07, 6.45) is 3.05. The van der Waals surface area contributed by atoms with E-state index in [0.29, 0.717) is 27.9 Å². The van der Waals surface area contributed by atoms with Gasteiger partial charge in [-0.1, -0.05) is 60.2 Å². The van der Waals surface area contributed by atoms with Gasteiger partial charge in [0.15, 0.2) is 0 Å². The van der Waals surface area contributed by atoms with Gasteiger partial charge < -0.3 is 5.32 Å². The first-order valence-electron chi connectivity index (χ1n) is 10.4. The number of anilines is 1. The molecule has 4 amide bonds. The maximum Gasteiger partial charge on any atom is 0.326 e. The van der Waals surface area contributed by atoms with Gasteiger partial charge in [-0.3, -0.25) is 14.9 Å². The van der Waals surface area contributed by atoms with Crippen molar-refractivity contribution in [3.8, 4) is 6.07 Å². The minimum Gasteiger partial charge on any atom is -0.306 e. The van der Waals surface area contributed by atoms with Crippen molar-refractivity contribution >= 4 is 35.7 Å². The molecule has 0 saturated carbocycles. The third-order valence-corrected chi connectivity index (χ3v) is 4.33. The Balaban J connectivity index is 0.000000328. The van der Waals surface area contributed by atoms with Gasteiger partial charge in [0.25, 0.3) is 11.8 Å². The van der Waals surface area contributed by atoms with E-state index in [0.717, 1.165) is 5.57 Å². The lowest BCUT2D eigenvalue weighted by Gasteiger charge is -2.10. The molecule has 0 radical (unpaired) electrons. The van der Waals surface area contributed by atoms with Gasteiger partial charge in [0.2, 0.25) is 6.08 Å². The molecule has 3 aromatic carbocycles. The number of hydrogen-bond donors (Lipinski definition) is 2. The molecule has 0 bridgehead atoms. The summed E-state index contributed by atoms with van der Waals surface area (Å²) in [5, 5.41) is 14.2. The Morgan fingerprint density at radius 2 is 1.46 bits per heavy atom. The minimum absolute atomic E-state index is 0.348. The van der Waals surface area contributed by atoms with Crippen molar-refractivity contribution in [1.82, 2.24) is 5.32 Å². The number of allylic oxidation sites excluding steroid dienone is 1. The quantitative estimate of drug-likeness (QED) is 0.408. The highest BCUT2D eigenvalue weighted by molar-refractivity contribution is 6.08. The van der Waals surface area contributed by atoms with Gasteiger partial charge in [0, 0.05) is 11.1 Å². The Morgan fingerprint density at radius 3 is 2.00 bits per heavy atom. The fourth-order valence-corrected chi connectivity index (χ4v) is 2.84. The maximum absolute atomic E-state index is 12.0. The molecule has 3 rings (SSSR count). The van der Waals surface area contributed by atoms with Crippen molar-refractivity contribution in [1.29, 1.82) is 5.26 Å². The lowest BCUT2D eigenvalue weighted by atomic mass is 10.0. The second-order valence-corrected chi connectivity index (χ2v) is 7.25. The van der Waals surface area contributed by atoms with Crippen molar-refractivity contribution in [2.45, 2.75) is 13.8 Å². The van der Waals surface area contributed by atoms with Crippen LogP contribution in [0.25, 0.3) is 6.08 Å². The summed E-state index contributed by atoms with van der Waals surface area (Å²) < 4.78 is 0. The van der Waals surface area contributed by atoms with Crippen LogP contribution in [-0.4, -0.2) is 23.9 Å². The van der Waals surface area contributed by atoms with E-state index in [4.69, 9.17) is 0 Å². The predicted octanol–water partition coefficient (Wildman–Crippen LogP) is 5.11. The molecule has 0 aliphatic heterocycles. The smallest absolute Gasteiger partial charge is 0.306 e. The first-order chi connectivity index (χ1) is 16.8. The van der Waals surface area contributed by atoms with Crippen LogP contribution in [0, 0.1) is 11.3 Å². The van der Waals surface area contributed by atoms with Crippen LogP contribution < -0.4 is 10.6 Å². The lowest BCUT2D eigenvalue weighted by Crippen LogP contribution is -2.34. The Kier molecular flexibility index (Phi) is 10.0. The molecule has 0 aromatic heterocycles. The largest absolute Gasteiger partial charge is 0.326 e. The molecule has 0 aliphatic rings. The van der Waals surface area contributed by atoms with Gasteiger partial charge in [0.05, 0.1) is 11.3 Å². The van der Waals surface area contributed by atoms with Crippen LogP contribution in [0.2, 0.25) is 0 Å². The van der Waals surface area contributed by atoms with Crippen molar-refractivity contribution in [3.63, 3.8) is 0 Å². The van der Waals surface area contributed by atoms with Crippen molar-refractivity contribution in [3.05, 3.63) is 107 Å². The van der Waals surface area contributed by atoms with Gasteiger partial charge in [-0.2, -0.15) is 5.26 Å². The molecule has 8 nitrogen and oxygen atoms in total. The van der Waals surface area contributed by atoms with Crippen molar-refractivity contribution in [2.24, 2.45) is 4.99 Å². The van der Waals surface area contributed by atoms with Gasteiger partial charge in [-0.25, -0.2) is 9.59 Å². The minimum atomic E-state index is -0.685. The number of carbonyl (C=O) groups is 3. The topological polar surface area (TPSA) is 128 Å². The van der Waals surface area contributed by atoms with E-state index in [2.05, 4.69) is 21.7 Å². The SMILES string of the molecule is CC(C)=Cc1cccc(NC(=O)NC(=O)c2ccccc2)c1C#N.O=C=NC(=O)c1ccccc1. The van der Waals surface area contributed by atoms with E-state index < -0.39 is 17.8 Å². The molecule has 8 heteroatoms. The first-order valence-corrected chi connectivity index (χ1v) is 10.4. The molecule has 0 unspecified atom stereocenters. The molecule has 174 valence electrons. The van der Waals surface area contributed by atoms with E-state index >= 15 is 0 Å². The van der Waals surface area contributed by atoms with Gasteiger partial charge in [-0.15, -0.1) is 4.99 Å². The number of nitriles is 1. The molecule has 3 aromatic rings. The number of urea groups is 1. The number of isocyanates is 1. The van der Waals surface area contributed by atoms with Crippen LogP contribution in [0.1, 0.15) is 45.7 Å². The number of rotatable bonds is 4. The second-order valence-electron chi connectivity index (χ2n) is 7.25. The van der Waals surface area contributed by atoms with Crippen LogP contribution in [0.15, 0.2) is 89.4 Å². The standard InChI is InChI=1S/C19H17N3O2.C8H5NO2/c1-13(2)11-15-9-6-10-17(16(15)12-20)21-19(24)22-18(23)14-7-4-3-5-8-14;10-6-9-8(11)7-4-2-1-3-5-7/h3-11H,1-2H3,(H2,21,22,23,24);1-5H. The molecule has 0 atom stereocenters. The van der Waals surface area contributed by atoms with Crippen LogP contribution in [0.4, 0.5) is 10.5 Å². The number of aliphatic imine (C=N–C) groups is 1. The fraction of sp³-hybridized carbons (Fsp3) is 0.0741. The van der Waals surface area contributed by atoms with Crippen LogP contribution >= 0.6 is 0 Å². The Labute approximate surface area is 202 Å². The molecule has 0 heterocycles. The summed E-state index contributed by atoms with van der Waals surface area (Å²) in [6.45, 7) is 3.85. The normalized spacial score (nSPS) is 9.17. The third-order valence-electron chi connectivity index (χ3n) is 4.33. The van der Waals surface area contributed by atoms with Crippen LogP contribution in [0.5, 0.6) is 0 Å². The number of hydrogen-bond acceptors (Lipinski definition) is 5. The predicted molar refractivity (Wildman–Crippen MR) is 132 cm³/mol. The second kappa shape index (κ2) is 13.4. The summed E-state index contributed by atoms with van der Waals surface area (Å²) in [5.74, 6) is -1.06. The Morgan fingerprint density at radius 1 is 0.857 bits per heavy atom. The lowest BCUT2D eigenvalue weighted by molar-refractivity contribution is 0.0965. The van der Waals surface area contributed by atoms with E-state index in [1.807, 2.05) is 19.9 Å². The summed E-state index contributed by atoms with van der Waals surface area (Å²) in [5.41, 5.74) is 3.23. The van der Waals surface area contributed by atoms with E-state index in [1.54, 1.807) is 78.9 Å². The Bertz CT molecular complexity index is 1320. The summed E-state index contributed by atoms with van der Waals surface area (Å²) in [6, 6.07) is 23.3. The monoisotopic (exact) mass is 466 g/mol. The summed E-state index contributed by atoms with van der Waals surface area (Å²) in [7, 11) is 0. The fourth-order valence-electron chi connectivity index (χ4n) is 2.84. The number of nitrogens with one attached hydrogen (secondary N) is 2. The van der Waals surface area contributed by atoms with E-state index in [1.165, 1.54) is 6.08 Å². The molecule has 2 N–H and O–H groups in total. The van der Waals surface area contributed by atoms with Crippen LogP contribution in [0.3, 0.4) is 0 Å². The van der Waals surface area contributed by atoms with Crippen molar-refractivity contribution in [2.75, 3.05) is 5.32 Å². The molecule has 35 heavy (non-hydrogen) atoms. The van der Waals surface area contributed by atoms with E-state index in [-0.39, 0.29) is 0 Å². The number of imide groups is 1. The summed E-state index contributed by atoms with van der Waals surface area (Å²) in [4.78, 5) is 47.4. The number of nitrogens with zero attached hydrogens (tertiary/aromatic N) is 2. The average molecular weight is 466 g/mol. The molecule has 0 spiro atoms. The zero-order valence-electron chi connectivity index (χ0n) is 19.1. The molecule has 0 fully saturated rings. The number of amides is 4. The molecular formula is C27H22N4O4. The highest BCUT2D eigenvalue weighted by Gasteiger charge is 2.13. The van der Waals surface area contributed by atoms with Gasteiger partial charge in [-0.05, 0) is 49.7 Å². The highest BCUT2D eigenvalue weighted by atomic mass is 16.2. The summed E-state index contributed by atoms with van der Waals surface area (Å²) >= 11 is 0. The number of carbonyl (C=O) groups excluding carboxylic acids is 4. The third kappa shape index (κ3) is 8.39. The number of benzene rings is 3. The molecular weight excluding hydrogens is 444 g/mol. The molecule has 0 aliphatic carbocycles. The van der Waals surface area contributed by atoms with Gasteiger partial charge >= 0.3 is 6.03 Å². The van der Waals surface area contributed by atoms with E-state index in [9.17, 15) is 24.4 Å². The Hall–Kier alpha value is -5.12. The van der Waals surface area contributed by atoms with Crippen molar-refractivity contribution < 1.29 is 19.2 Å². The maximum atomic E-state index is 12.0.